The van der Waals surface area contributed by atoms with Gasteiger partial charge >= 0.3 is 0 Å². The fourth-order valence-corrected chi connectivity index (χ4v) is 3.19. The molecule has 1 saturated heterocycles. The maximum absolute atomic E-state index is 13.9. The van der Waals surface area contributed by atoms with E-state index in [-0.39, 0.29) is 23.7 Å². The second-order valence-electron chi connectivity index (χ2n) is 7.89. The van der Waals surface area contributed by atoms with Crippen LogP contribution in [0.4, 0.5) is 10.1 Å². The quantitative estimate of drug-likeness (QED) is 0.820. The van der Waals surface area contributed by atoms with Crippen LogP contribution in [0.1, 0.15) is 26.3 Å². The van der Waals surface area contributed by atoms with E-state index in [4.69, 9.17) is 4.74 Å². The van der Waals surface area contributed by atoms with E-state index in [1.54, 1.807) is 17.0 Å². The highest BCUT2D eigenvalue weighted by molar-refractivity contribution is 5.78. The topological polar surface area (TPSA) is 32.8 Å². The lowest BCUT2D eigenvalue weighted by molar-refractivity contribution is -0.133. The van der Waals surface area contributed by atoms with E-state index in [1.807, 2.05) is 29.2 Å². The van der Waals surface area contributed by atoms with E-state index in [9.17, 15) is 9.18 Å². The molecule has 0 aromatic heterocycles. The van der Waals surface area contributed by atoms with Gasteiger partial charge in [-0.2, -0.15) is 0 Å². The minimum absolute atomic E-state index is 0.0211. The SMILES string of the molecule is CC(C)(C)c1cccc(OCC(=O)N2CCN(c3ccccc3F)CC2)c1. The lowest BCUT2D eigenvalue weighted by atomic mass is 9.87. The maximum atomic E-state index is 13.9. The van der Waals surface area contributed by atoms with Crippen LogP contribution in [0.5, 0.6) is 5.75 Å². The summed E-state index contributed by atoms with van der Waals surface area (Å²) in [5, 5.41) is 0. The number of benzene rings is 2. The Kier molecular flexibility index (Phi) is 5.68. The highest BCUT2D eigenvalue weighted by atomic mass is 19.1. The van der Waals surface area contributed by atoms with Gasteiger partial charge in [-0.15, -0.1) is 0 Å². The first-order valence-electron chi connectivity index (χ1n) is 9.35. The Hall–Kier alpha value is -2.56. The largest absolute Gasteiger partial charge is 0.484 e. The zero-order valence-corrected chi connectivity index (χ0v) is 16.2. The molecular weight excluding hydrogens is 343 g/mol. The van der Waals surface area contributed by atoms with Gasteiger partial charge < -0.3 is 14.5 Å². The van der Waals surface area contributed by atoms with E-state index < -0.39 is 0 Å². The van der Waals surface area contributed by atoms with Crippen molar-refractivity contribution in [1.82, 2.24) is 4.90 Å². The standard InChI is InChI=1S/C22H27FN2O2/c1-22(2,3)17-7-6-8-18(15-17)27-16-21(26)25-13-11-24(12-14-25)20-10-5-4-9-19(20)23/h4-10,15H,11-14,16H2,1-3H3. The Balaban J connectivity index is 1.52. The summed E-state index contributed by atoms with van der Waals surface area (Å²) in [6.07, 6.45) is 0. The normalized spacial score (nSPS) is 15.0. The molecule has 0 spiro atoms. The predicted molar refractivity (Wildman–Crippen MR) is 106 cm³/mol. The molecule has 1 amide bonds. The fourth-order valence-electron chi connectivity index (χ4n) is 3.19. The summed E-state index contributed by atoms with van der Waals surface area (Å²) in [6, 6.07) is 14.6. The molecule has 0 N–H and O–H groups in total. The summed E-state index contributed by atoms with van der Waals surface area (Å²) in [4.78, 5) is 16.2. The number of halogens is 1. The number of carbonyl (C=O) groups excluding carboxylic acids is 1. The molecule has 27 heavy (non-hydrogen) atoms. The molecule has 3 rings (SSSR count). The van der Waals surface area contributed by atoms with Gasteiger partial charge in [-0.05, 0) is 35.2 Å². The van der Waals surface area contributed by atoms with Crippen LogP contribution in [0.3, 0.4) is 0 Å². The summed E-state index contributed by atoms with van der Waals surface area (Å²) in [5.74, 6) is 0.449. The van der Waals surface area contributed by atoms with Crippen molar-refractivity contribution in [2.45, 2.75) is 26.2 Å². The van der Waals surface area contributed by atoms with Crippen molar-refractivity contribution in [2.24, 2.45) is 0 Å². The Morgan fingerprint density at radius 1 is 1.04 bits per heavy atom. The molecule has 1 aliphatic heterocycles. The highest BCUT2D eigenvalue weighted by Crippen LogP contribution is 2.25. The molecule has 0 unspecified atom stereocenters. The highest BCUT2D eigenvalue weighted by Gasteiger charge is 2.23. The molecule has 4 nitrogen and oxygen atoms in total. The molecule has 2 aromatic carbocycles. The van der Waals surface area contributed by atoms with Crippen LogP contribution in [-0.2, 0) is 10.2 Å². The number of ether oxygens (including phenoxy) is 1. The molecule has 5 heteroatoms. The average Bonchev–Trinajstić information content (AvgIpc) is 2.66. The van der Waals surface area contributed by atoms with E-state index in [0.29, 0.717) is 37.6 Å². The van der Waals surface area contributed by atoms with Gasteiger partial charge in [-0.3, -0.25) is 4.79 Å². The number of rotatable bonds is 4. The monoisotopic (exact) mass is 370 g/mol. The third-order valence-corrected chi connectivity index (χ3v) is 4.89. The van der Waals surface area contributed by atoms with Crippen molar-refractivity contribution in [2.75, 3.05) is 37.7 Å². The van der Waals surface area contributed by atoms with Crippen LogP contribution in [0.25, 0.3) is 0 Å². The molecule has 0 bridgehead atoms. The number of nitrogens with zero attached hydrogens (tertiary/aromatic N) is 2. The molecule has 1 aliphatic rings. The van der Waals surface area contributed by atoms with Crippen molar-refractivity contribution >= 4 is 11.6 Å². The minimum atomic E-state index is -0.223. The molecule has 0 saturated carbocycles. The van der Waals surface area contributed by atoms with Gasteiger partial charge in [-0.25, -0.2) is 4.39 Å². The molecule has 144 valence electrons. The van der Waals surface area contributed by atoms with Gasteiger partial charge in [0.25, 0.3) is 5.91 Å². The summed E-state index contributed by atoms with van der Waals surface area (Å²) in [7, 11) is 0. The zero-order chi connectivity index (χ0) is 19.4. The lowest BCUT2D eigenvalue weighted by Crippen LogP contribution is -2.50. The second-order valence-corrected chi connectivity index (χ2v) is 7.89. The Labute approximate surface area is 160 Å². The van der Waals surface area contributed by atoms with Crippen LogP contribution >= 0.6 is 0 Å². The number of para-hydroxylation sites is 1. The summed E-state index contributed by atoms with van der Waals surface area (Å²) < 4.78 is 19.6. The smallest absolute Gasteiger partial charge is 0.260 e. The van der Waals surface area contributed by atoms with Crippen LogP contribution in [0.2, 0.25) is 0 Å². The van der Waals surface area contributed by atoms with Crippen molar-refractivity contribution in [3.63, 3.8) is 0 Å². The minimum Gasteiger partial charge on any atom is -0.484 e. The Morgan fingerprint density at radius 3 is 2.41 bits per heavy atom. The van der Waals surface area contributed by atoms with Crippen LogP contribution in [0.15, 0.2) is 48.5 Å². The van der Waals surface area contributed by atoms with Crippen molar-refractivity contribution in [3.05, 3.63) is 59.9 Å². The number of amides is 1. The molecular formula is C22H27FN2O2. The number of hydrogen-bond donors (Lipinski definition) is 0. The van der Waals surface area contributed by atoms with Crippen LogP contribution < -0.4 is 9.64 Å². The number of carbonyl (C=O) groups is 1. The van der Waals surface area contributed by atoms with Gasteiger partial charge in [0, 0.05) is 26.2 Å². The summed E-state index contributed by atoms with van der Waals surface area (Å²) in [5.41, 5.74) is 1.80. The molecule has 0 radical (unpaired) electrons. The first-order valence-corrected chi connectivity index (χ1v) is 9.35. The van der Waals surface area contributed by atoms with Gasteiger partial charge in [0.15, 0.2) is 6.61 Å². The third kappa shape index (κ3) is 4.79. The Morgan fingerprint density at radius 2 is 1.74 bits per heavy atom. The molecule has 0 aliphatic carbocycles. The van der Waals surface area contributed by atoms with E-state index in [1.165, 1.54) is 11.6 Å². The lowest BCUT2D eigenvalue weighted by Gasteiger charge is -2.36. The summed E-state index contributed by atoms with van der Waals surface area (Å²) >= 11 is 0. The first kappa shape index (κ1) is 19.2. The molecule has 0 atom stereocenters. The van der Waals surface area contributed by atoms with Gasteiger partial charge in [-0.1, -0.05) is 45.0 Å². The van der Waals surface area contributed by atoms with Crippen LogP contribution in [0, 0.1) is 5.82 Å². The second kappa shape index (κ2) is 7.99. The molecule has 1 fully saturated rings. The van der Waals surface area contributed by atoms with Crippen LogP contribution in [-0.4, -0.2) is 43.6 Å². The third-order valence-electron chi connectivity index (χ3n) is 4.89. The molecule has 2 aromatic rings. The summed E-state index contributed by atoms with van der Waals surface area (Å²) in [6.45, 7) is 8.83. The van der Waals surface area contributed by atoms with E-state index in [2.05, 4.69) is 26.8 Å². The van der Waals surface area contributed by atoms with E-state index in [0.717, 1.165) is 0 Å². The molecule has 1 heterocycles. The number of hydrogen-bond acceptors (Lipinski definition) is 3. The average molecular weight is 370 g/mol. The van der Waals surface area contributed by atoms with Gasteiger partial charge in [0.05, 0.1) is 5.69 Å². The predicted octanol–water partition coefficient (Wildman–Crippen LogP) is 3.85. The first-order chi connectivity index (χ1) is 12.8. The maximum Gasteiger partial charge on any atom is 0.260 e. The Bertz CT molecular complexity index is 793. The van der Waals surface area contributed by atoms with Gasteiger partial charge in [0.1, 0.15) is 11.6 Å². The zero-order valence-electron chi connectivity index (χ0n) is 16.2. The van der Waals surface area contributed by atoms with Gasteiger partial charge in [0.2, 0.25) is 0 Å². The van der Waals surface area contributed by atoms with Crippen molar-refractivity contribution < 1.29 is 13.9 Å². The van der Waals surface area contributed by atoms with E-state index >= 15 is 0 Å². The number of piperazine rings is 1. The van der Waals surface area contributed by atoms with Crippen molar-refractivity contribution in [1.29, 1.82) is 0 Å². The van der Waals surface area contributed by atoms with Crippen molar-refractivity contribution in [3.8, 4) is 5.75 Å². The number of anilines is 1. The fraction of sp³-hybridized carbons (Fsp3) is 0.409.